The Hall–Kier alpha value is -0.430. The van der Waals surface area contributed by atoms with E-state index in [1.54, 1.807) is 12.1 Å². The Morgan fingerprint density at radius 2 is 2.00 bits per heavy atom. The van der Waals surface area contributed by atoms with Gasteiger partial charge in [-0.15, -0.1) is 0 Å². The van der Waals surface area contributed by atoms with Crippen molar-refractivity contribution < 1.29 is 8.42 Å². The molecule has 1 fully saturated rings. The zero-order valence-corrected chi connectivity index (χ0v) is 13.4. The van der Waals surface area contributed by atoms with Crippen molar-refractivity contribution in [1.82, 2.24) is 9.62 Å². The Labute approximate surface area is 123 Å². The minimum atomic E-state index is -3.41. The molecule has 1 aromatic rings. The Balaban J connectivity index is 1.99. The first-order valence-electron chi connectivity index (χ1n) is 6.47. The largest absolute Gasteiger partial charge is 0.302 e. The van der Waals surface area contributed by atoms with Crippen LogP contribution in [-0.2, 0) is 10.0 Å². The molecule has 1 aromatic carbocycles. The van der Waals surface area contributed by atoms with Gasteiger partial charge in [-0.25, -0.2) is 13.1 Å². The van der Waals surface area contributed by atoms with Crippen molar-refractivity contribution in [1.29, 1.82) is 0 Å². The van der Waals surface area contributed by atoms with Crippen LogP contribution in [0.2, 0.25) is 0 Å². The highest BCUT2D eigenvalue weighted by Crippen LogP contribution is 2.20. The Bertz CT molecular complexity index is 540. The minimum Gasteiger partial charge on any atom is -0.302 e. The van der Waals surface area contributed by atoms with Gasteiger partial charge in [-0.2, -0.15) is 0 Å². The molecule has 1 N–H and O–H groups in total. The SMILES string of the molecule is Cc1ccc(Br)cc1S(=O)(=O)NCCN1CCCC1. The van der Waals surface area contributed by atoms with Crippen molar-refractivity contribution >= 4 is 26.0 Å². The van der Waals surface area contributed by atoms with E-state index in [4.69, 9.17) is 0 Å². The van der Waals surface area contributed by atoms with E-state index in [9.17, 15) is 8.42 Å². The van der Waals surface area contributed by atoms with Gasteiger partial charge in [-0.3, -0.25) is 0 Å². The van der Waals surface area contributed by atoms with Gasteiger partial charge in [0.2, 0.25) is 10.0 Å². The lowest BCUT2D eigenvalue weighted by Gasteiger charge is -2.15. The summed E-state index contributed by atoms with van der Waals surface area (Å²) in [7, 11) is -3.41. The average Bonchev–Trinajstić information content (AvgIpc) is 2.85. The fourth-order valence-electron chi connectivity index (χ4n) is 2.29. The quantitative estimate of drug-likeness (QED) is 0.888. The van der Waals surface area contributed by atoms with Crippen LogP contribution < -0.4 is 4.72 Å². The summed E-state index contributed by atoms with van der Waals surface area (Å²) in [5, 5.41) is 0. The number of rotatable bonds is 5. The van der Waals surface area contributed by atoms with E-state index >= 15 is 0 Å². The van der Waals surface area contributed by atoms with E-state index in [1.807, 2.05) is 13.0 Å². The summed E-state index contributed by atoms with van der Waals surface area (Å²) in [6.07, 6.45) is 2.44. The van der Waals surface area contributed by atoms with Gasteiger partial charge in [0.25, 0.3) is 0 Å². The van der Waals surface area contributed by atoms with E-state index in [0.717, 1.165) is 29.7 Å². The molecule has 6 heteroatoms. The lowest BCUT2D eigenvalue weighted by Crippen LogP contribution is -2.33. The molecule has 19 heavy (non-hydrogen) atoms. The summed E-state index contributed by atoms with van der Waals surface area (Å²) >= 11 is 3.31. The van der Waals surface area contributed by atoms with Gasteiger partial charge >= 0.3 is 0 Å². The summed E-state index contributed by atoms with van der Waals surface area (Å²) in [5.41, 5.74) is 0.761. The second-order valence-electron chi connectivity index (χ2n) is 4.86. The van der Waals surface area contributed by atoms with Crippen molar-refractivity contribution in [2.75, 3.05) is 26.2 Å². The van der Waals surface area contributed by atoms with Crippen molar-refractivity contribution in [2.24, 2.45) is 0 Å². The van der Waals surface area contributed by atoms with Gasteiger partial charge in [-0.05, 0) is 50.6 Å². The molecular formula is C13H19BrN2O2S. The number of nitrogens with one attached hydrogen (secondary N) is 1. The average molecular weight is 347 g/mol. The number of halogens is 1. The molecule has 1 heterocycles. The zero-order chi connectivity index (χ0) is 13.9. The predicted molar refractivity (Wildman–Crippen MR) is 79.7 cm³/mol. The third-order valence-corrected chi connectivity index (χ3v) is 5.45. The Morgan fingerprint density at radius 1 is 1.32 bits per heavy atom. The van der Waals surface area contributed by atoms with Crippen molar-refractivity contribution in [3.8, 4) is 0 Å². The first kappa shape index (κ1) is 15.0. The predicted octanol–water partition coefficient (Wildman–Crippen LogP) is 2.13. The van der Waals surface area contributed by atoms with Crippen LogP contribution in [0.25, 0.3) is 0 Å². The number of hydrogen-bond donors (Lipinski definition) is 1. The van der Waals surface area contributed by atoms with E-state index < -0.39 is 10.0 Å². The number of aryl methyl sites for hydroxylation is 1. The van der Waals surface area contributed by atoms with Crippen molar-refractivity contribution in [3.05, 3.63) is 28.2 Å². The lowest BCUT2D eigenvalue weighted by molar-refractivity contribution is 0.344. The molecule has 0 aromatic heterocycles. The van der Waals surface area contributed by atoms with Crippen LogP contribution in [0.1, 0.15) is 18.4 Å². The zero-order valence-electron chi connectivity index (χ0n) is 11.0. The molecule has 0 bridgehead atoms. The molecule has 0 radical (unpaired) electrons. The second-order valence-corrected chi connectivity index (χ2v) is 7.51. The number of nitrogens with zero attached hydrogens (tertiary/aromatic N) is 1. The van der Waals surface area contributed by atoms with E-state index in [1.165, 1.54) is 12.8 Å². The number of likely N-dealkylation sites (tertiary alicyclic amines) is 1. The summed E-state index contributed by atoms with van der Waals surface area (Å²) in [6, 6.07) is 5.30. The fourth-order valence-corrected chi connectivity index (χ4v) is 4.09. The molecule has 2 rings (SSSR count). The van der Waals surface area contributed by atoms with Crippen LogP contribution >= 0.6 is 15.9 Å². The van der Waals surface area contributed by atoms with Gasteiger partial charge in [0.15, 0.2) is 0 Å². The van der Waals surface area contributed by atoms with Gasteiger partial charge in [0.1, 0.15) is 0 Å². The van der Waals surface area contributed by atoms with Gasteiger partial charge in [0.05, 0.1) is 4.90 Å². The molecule has 106 valence electrons. The Morgan fingerprint density at radius 3 is 2.68 bits per heavy atom. The van der Waals surface area contributed by atoms with Crippen LogP contribution in [0.3, 0.4) is 0 Å². The highest BCUT2D eigenvalue weighted by atomic mass is 79.9. The molecule has 0 atom stereocenters. The van der Waals surface area contributed by atoms with Crippen LogP contribution in [0.15, 0.2) is 27.6 Å². The second kappa shape index (κ2) is 6.35. The van der Waals surface area contributed by atoms with E-state index in [2.05, 4.69) is 25.6 Å². The number of hydrogen-bond acceptors (Lipinski definition) is 3. The van der Waals surface area contributed by atoms with Crippen LogP contribution in [0.5, 0.6) is 0 Å². The van der Waals surface area contributed by atoms with Crippen LogP contribution in [0, 0.1) is 6.92 Å². The number of benzene rings is 1. The molecule has 1 aliphatic rings. The van der Waals surface area contributed by atoms with E-state index in [0.29, 0.717) is 11.4 Å². The molecular weight excluding hydrogens is 328 g/mol. The van der Waals surface area contributed by atoms with Crippen LogP contribution in [-0.4, -0.2) is 39.5 Å². The Kier molecular flexibility index (Phi) is 5.00. The van der Waals surface area contributed by atoms with Gasteiger partial charge < -0.3 is 4.90 Å². The minimum absolute atomic E-state index is 0.350. The van der Waals surface area contributed by atoms with Crippen molar-refractivity contribution in [2.45, 2.75) is 24.7 Å². The smallest absolute Gasteiger partial charge is 0.240 e. The highest BCUT2D eigenvalue weighted by Gasteiger charge is 2.18. The lowest BCUT2D eigenvalue weighted by atomic mass is 10.2. The molecule has 0 amide bonds. The summed E-state index contributed by atoms with van der Waals surface area (Å²) in [5.74, 6) is 0. The van der Waals surface area contributed by atoms with Gasteiger partial charge in [-0.1, -0.05) is 22.0 Å². The summed E-state index contributed by atoms with van der Waals surface area (Å²) in [4.78, 5) is 2.64. The molecule has 0 unspecified atom stereocenters. The maximum absolute atomic E-state index is 12.2. The molecule has 0 saturated carbocycles. The fraction of sp³-hybridized carbons (Fsp3) is 0.538. The molecule has 1 aliphatic heterocycles. The van der Waals surface area contributed by atoms with Crippen LogP contribution in [0.4, 0.5) is 0 Å². The van der Waals surface area contributed by atoms with E-state index in [-0.39, 0.29) is 0 Å². The molecule has 0 spiro atoms. The normalized spacial score (nSPS) is 16.9. The molecule has 4 nitrogen and oxygen atoms in total. The highest BCUT2D eigenvalue weighted by molar-refractivity contribution is 9.10. The maximum atomic E-state index is 12.2. The third kappa shape index (κ3) is 4.02. The number of sulfonamides is 1. The van der Waals surface area contributed by atoms with Crippen molar-refractivity contribution in [3.63, 3.8) is 0 Å². The first-order valence-corrected chi connectivity index (χ1v) is 8.75. The standard InChI is InChI=1S/C13H19BrN2O2S/c1-11-4-5-12(14)10-13(11)19(17,18)15-6-9-16-7-2-3-8-16/h4-5,10,15H,2-3,6-9H2,1H3. The molecule has 0 aliphatic carbocycles. The summed E-state index contributed by atoms with van der Waals surface area (Å²) in [6.45, 7) is 5.22. The van der Waals surface area contributed by atoms with Gasteiger partial charge in [0, 0.05) is 17.6 Å². The first-order chi connectivity index (χ1) is 8.99. The maximum Gasteiger partial charge on any atom is 0.240 e. The molecule has 1 saturated heterocycles. The monoisotopic (exact) mass is 346 g/mol. The summed E-state index contributed by atoms with van der Waals surface area (Å²) < 4.78 is 27.9. The third-order valence-electron chi connectivity index (χ3n) is 3.36. The topological polar surface area (TPSA) is 49.4 Å².